The fourth-order valence-electron chi connectivity index (χ4n) is 3.26. The maximum atomic E-state index is 14.0. The van der Waals surface area contributed by atoms with Crippen LogP contribution in [0.4, 0.5) is 8.78 Å². The van der Waals surface area contributed by atoms with Gasteiger partial charge >= 0.3 is 0 Å². The van der Waals surface area contributed by atoms with Gasteiger partial charge in [0.05, 0.1) is 0 Å². The maximum Gasteiger partial charge on any atom is 0.123 e. The molecule has 138 valence electrons. The fraction of sp³-hybridized carbons (Fsp3) is 0. The number of halogens is 2. The van der Waals surface area contributed by atoms with Gasteiger partial charge in [0.25, 0.3) is 0 Å². The summed E-state index contributed by atoms with van der Waals surface area (Å²) in [6.45, 7) is 0. The van der Waals surface area contributed by atoms with Crippen molar-refractivity contribution in [2.45, 2.75) is 0 Å². The Hall–Kier alpha value is -3.03. The highest BCUT2D eigenvalue weighted by molar-refractivity contribution is 7.80. The van der Waals surface area contributed by atoms with Crippen molar-refractivity contribution in [2.24, 2.45) is 0 Å². The zero-order valence-corrected chi connectivity index (χ0v) is 15.8. The lowest BCUT2D eigenvalue weighted by Crippen LogP contribution is -2.22. The van der Waals surface area contributed by atoms with E-state index >= 15 is 0 Å². The monoisotopic (exact) mass is 390 g/mol. The zero-order valence-electron chi connectivity index (χ0n) is 14.9. The first kappa shape index (κ1) is 18.3. The number of hydrogen-bond donors (Lipinski definition) is 1. The summed E-state index contributed by atoms with van der Waals surface area (Å²) in [5.74, 6) is -0.494. The molecule has 0 fully saturated rings. The number of benzene rings is 4. The molecule has 0 saturated heterocycles. The van der Waals surface area contributed by atoms with E-state index in [-0.39, 0.29) is 17.4 Å². The number of aromatic hydroxyl groups is 1. The summed E-state index contributed by atoms with van der Waals surface area (Å²) in [5.41, 5.74) is 1.54. The molecule has 0 amide bonds. The van der Waals surface area contributed by atoms with Crippen molar-refractivity contribution in [1.29, 1.82) is 0 Å². The van der Waals surface area contributed by atoms with Crippen molar-refractivity contribution in [3.05, 3.63) is 109 Å². The molecule has 0 saturated carbocycles. The Bertz CT molecular complexity index is 1080. The van der Waals surface area contributed by atoms with Crippen molar-refractivity contribution >= 4 is 23.8 Å². The minimum absolute atomic E-state index is 0.170. The van der Waals surface area contributed by atoms with Crippen LogP contribution in [0.25, 0.3) is 11.1 Å². The first-order valence-electron chi connectivity index (χ1n) is 8.82. The average Bonchev–Trinajstić information content (AvgIpc) is 2.69. The zero-order chi connectivity index (χ0) is 19.5. The molecule has 0 radical (unpaired) electrons. The highest BCUT2D eigenvalue weighted by atomic mass is 31.1. The summed E-state index contributed by atoms with van der Waals surface area (Å²) in [6, 6.07) is 27.7. The SMILES string of the molecule is Oc1ccccc1-c1ccccc1P(c1cccc(F)c1)c1cccc(F)c1. The lowest BCUT2D eigenvalue weighted by molar-refractivity contribution is 0.477. The average molecular weight is 390 g/mol. The Kier molecular flexibility index (Phi) is 5.18. The number of phenolic OH excluding ortho intramolecular Hbond substituents is 1. The molecular formula is C24H17F2OP. The van der Waals surface area contributed by atoms with Crippen molar-refractivity contribution in [2.75, 3.05) is 0 Å². The number of hydrogen-bond acceptors (Lipinski definition) is 1. The molecule has 0 aliphatic heterocycles. The Morgan fingerprint density at radius 3 is 1.68 bits per heavy atom. The summed E-state index contributed by atoms with van der Waals surface area (Å²) in [4.78, 5) is 0. The molecule has 0 bridgehead atoms. The van der Waals surface area contributed by atoms with Crippen molar-refractivity contribution in [3.8, 4) is 16.9 Å². The molecule has 1 N–H and O–H groups in total. The van der Waals surface area contributed by atoms with E-state index in [4.69, 9.17) is 0 Å². The molecule has 0 aromatic heterocycles. The molecule has 4 aromatic carbocycles. The topological polar surface area (TPSA) is 20.2 Å². The standard InChI is InChI=1S/C24H17F2OP/c25-17-7-5-9-19(15-17)28(20-10-6-8-18(26)16-20)24-14-4-2-12-22(24)21-11-1-3-13-23(21)27/h1-16,27H. The third-order valence-electron chi connectivity index (χ3n) is 4.47. The van der Waals surface area contributed by atoms with Gasteiger partial charge in [0.15, 0.2) is 0 Å². The maximum absolute atomic E-state index is 14.0. The summed E-state index contributed by atoms with van der Waals surface area (Å²) in [5, 5.41) is 12.9. The molecule has 0 unspecified atom stereocenters. The number of rotatable bonds is 4. The van der Waals surface area contributed by atoms with Gasteiger partial charge in [0.2, 0.25) is 0 Å². The molecule has 4 heteroatoms. The molecule has 0 atom stereocenters. The van der Waals surface area contributed by atoms with Gasteiger partial charge in [-0.05, 0) is 59.7 Å². The van der Waals surface area contributed by atoms with E-state index in [2.05, 4.69) is 0 Å². The second-order valence-electron chi connectivity index (χ2n) is 6.33. The third kappa shape index (κ3) is 3.67. The van der Waals surface area contributed by atoms with E-state index in [9.17, 15) is 13.9 Å². The van der Waals surface area contributed by atoms with Gasteiger partial charge in [0.1, 0.15) is 17.4 Å². The van der Waals surface area contributed by atoms with E-state index in [0.29, 0.717) is 5.56 Å². The first-order chi connectivity index (χ1) is 13.6. The highest BCUT2D eigenvalue weighted by Crippen LogP contribution is 2.39. The van der Waals surface area contributed by atoms with Gasteiger partial charge in [-0.25, -0.2) is 8.78 Å². The van der Waals surface area contributed by atoms with E-state index in [1.807, 2.05) is 48.5 Å². The molecule has 0 spiro atoms. The van der Waals surface area contributed by atoms with Gasteiger partial charge in [0, 0.05) is 5.56 Å². The largest absolute Gasteiger partial charge is 0.507 e. The fourth-order valence-corrected chi connectivity index (χ4v) is 5.76. The second-order valence-corrected chi connectivity index (χ2v) is 8.51. The van der Waals surface area contributed by atoms with Crippen LogP contribution in [0.2, 0.25) is 0 Å². The Labute approximate surface area is 163 Å². The predicted octanol–water partition coefficient (Wildman–Crippen LogP) is 5.10. The number of phenols is 1. The first-order valence-corrected chi connectivity index (χ1v) is 10.2. The van der Waals surface area contributed by atoms with Crippen LogP contribution < -0.4 is 15.9 Å². The summed E-state index contributed by atoms with van der Waals surface area (Å²) >= 11 is 0. The van der Waals surface area contributed by atoms with E-state index in [1.165, 1.54) is 24.3 Å². The molecule has 0 aliphatic carbocycles. The van der Waals surface area contributed by atoms with Crippen LogP contribution >= 0.6 is 7.92 Å². The third-order valence-corrected chi connectivity index (χ3v) is 6.93. The molecule has 4 rings (SSSR count). The van der Waals surface area contributed by atoms with Crippen LogP contribution in [0.1, 0.15) is 0 Å². The summed E-state index contributed by atoms with van der Waals surface area (Å²) < 4.78 is 28.0. The van der Waals surface area contributed by atoms with Crippen molar-refractivity contribution in [3.63, 3.8) is 0 Å². The molecule has 1 nitrogen and oxygen atoms in total. The van der Waals surface area contributed by atoms with E-state index in [1.54, 1.807) is 24.3 Å². The van der Waals surface area contributed by atoms with Crippen LogP contribution in [-0.4, -0.2) is 5.11 Å². The van der Waals surface area contributed by atoms with Crippen molar-refractivity contribution < 1.29 is 13.9 Å². The molecule has 0 aliphatic rings. The van der Waals surface area contributed by atoms with E-state index in [0.717, 1.165) is 21.5 Å². The van der Waals surface area contributed by atoms with Gasteiger partial charge < -0.3 is 5.11 Å². The minimum atomic E-state index is -1.23. The highest BCUT2D eigenvalue weighted by Gasteiger charge is 2.22. The molecule has 28 heavy (non-hydrogen) atoms. The second kappa shape index (κ2) is 7.92. The normalized spacial score (nSPS) is 11.0. The smallest absolute Gasteiger partial charge is 0.123 e. The van der Waals surface area contributed by atoms with Crippen LogP contribution in [0.5, 0.6) is 5.75 Å². The van der Waals surface area contributed by atoms with Crippen LogP contribution in [0.15, 0.2) is 97.1 Å². The Balaban J connectivity index is 1.98. The summed E-state index contributed by atoms with van der Waals surface area (Å²) in [6.07, 6.45) is 0. The van der Waals surface area contributed by atoms with Crippen LogP contribution in [0.3, 0.4) is 0 Å². The lowest BCUT2D eigenvalue weighted by Gasteiger charge is -2.23. The van der Waals surface area contributed by atoms with Gasteiger partial charge in [-0.1, -0.05) is 66.7 Å². The molecule has 0 heterocycles. The predicted molar refractivity (Wildman–Crippen MR) is 112 cm³/mol. The summed E-state index contributed by atoms with van der Waals surface area (Å²) in [7, 11) is -1.23. The minimum Gasteiger partial charge on any atom is -0.507 e. The van der Waals surface area contributed by atoms with E-state index < -0.39 is 7.92 Å². The Morgan fingerprint density at radius 2 is 1.11 bits per heavy atom. The number of para-hydroxylation sites is 1. The van der Waals surface area contributed by atoms with Crippen LogP contribution in [0, 0.1) is 11.6 Å². The van der Waals surface area contributed by atoms with Gasteiger partial charge in [-0.15, -0.1) is 0 Å². The van der Waals surface area contributed by atoms with Crippen LogP contribution in [-0.2, 0) is 0 Å². The molecular weight excluding hydrogens is 373 g/mol. The quantitative estimate of drug-likeness (QED) is 0.481. The van der Waals surface area contributed by atoms with Crippen molar-refractivity contribution in [1.82, 2.24) is 0 Å². The van der Waals surface area contributed by atoms with Gasteiger partial charge in [-0.3, -0.25) is 0 Å². The molecule has 4 aromatic rings. The lowest BCUT2D eigenvalue weighted by atomic mass is 10.0. The Morgan fingerprint density at radius 1 is 0.571 bits per heavy atom. The van der Waals surface area contributed by atoms with Gasteiger partial charge in [-0.2, -0.15) is 0 Å².